The van der Waals surface area contributed by atoms with Crippen LogP contribution in [0.3, 0.4) is 0 Å². The van der Waals surface area contributed by atoms with Crippen LogP contribution in [0, 0.1) is 0 Å². The number of carbonyl (C=O) groups excluding carboxylic acids is 1. The molecule has 2 rings (SSSR count). The summed E-state index contributed by atoms with van der Waals surface area (Å²) in [4.78, 5) is 12.0. The zero-order valence-corrected chi connectivity index (χ0v) is 13.0. The number of esters is 1. The SMILES string of the molecule is COC(=O)C1(Nc2ccc(Cl)c(Br)c2)CCSC1. The molecule has 18 heavy (non-hydrogen) atoms. The summed E-state index contributed by atoms with van der Waals surface area (Å²) in [6.45, 7) is 0. The normalized spacial score (nSPS) is 22.8. The molecule has 1 saturated heterocycles. The maximum Gasteiger partial charge on any atom is 0.332 e. The predicted octanol–water partition coefficient (Wildman–Crippen LogP) is 3.56. The van der Waals surface area contributed by atoms with Crippen molar-refractivity contribution >= 4 is 50.9 Å². The van der Waals surface area contributed by atoms with Crippen LogP contribution in [0.4, 0.5) is 5.69 Å². The van der Waals surface area contributed by atoms with Crippen molar-refractivity contribution in [2.75, 3.05) is 23.9 Å². The highest BCUT2D eigenvalue weighted by molar-refractivity contribution is 9.10. The molecule has 0 amide bonds. The lowest BCUT2D eigenvalue weighted by Crippen LogP contribution is -2.47. The molecule has 0 saturated carbocycles. The first kappa shape index (κ1) is 14.0. The average Bonchev–Trinajstić information content (AvgIpc) is 2.82. The highest BCUT2D eigenvalue weighted by Crippen LogP contribution is 2.34. The summed E-state index contributed by atoms with van der Waals surface area (Å²) in [5.74, 6) is 1.47. The molecule has 1 unspecified atom stereocenters. The van der Waals surface area contributed by atoms with Gasteiger partial charge in [-0.25, -0.2) is 4.79 Å². The number of hydrogen-bond donors (Lipinski definition) is 1. The molecule has 0 bridgehead atoms. The van der Waals surface area contributed by atoms with Crippen molar-refractivity contribution in [1.29, 1.82) is 0 Å². The molecule has 1 heterocycles. The summed E-state index contributed by atoms with van der Waals surface area (Å²) in [5.41, 5.74) is 0.242. The molecule has 1 aromatic carbocycles. The van der Waals surface area contributed by atoms with E-state index in [1.54, 1.807) is 17.8 Å². The minimum Gasteiger partial charge on any atom is -0.467 e. The van der Waals surface area contributed by atoms with E-state index in [0.29, 0.717) is 5.02 Å². The summed E-state index contributed by atoms with van der Waals surface area (Å²) >= 11 is 11.1. The molecule has 1 N–H and O–H groups in total. The lowest BCUT2D eigenvalue weighted by molar-refractivity contribution is -0.145. The van der Waals surface area contributed by atoms with Gasteiger partial charge in [0.1, 0.15) is 5.54 Å². The van der Waals surface area contributed by atoms with Gasteiger partial charge in [0.25, 0.3) is 0 Å². The van der Waals surface area contributed by atoms with Crippen LogP contribution < -0.4 is 5.32 Å². The fourth-order valence-electron chi connectivity index (χ4n) is 1.92. The van der Waals surface area contributed by atoms with Crippen LogP contribution >= 0.6 is 39.3 Å². The number of ether oxygens (including phenoxy) is 1. The second-order valence-corrected chi connectivity index (χ2v) is 6.50. The Morgan fingerprint density at radius 2 is 2.39 bits per heavy atom. The summed E-state index contributed by atoms with van der Waals surface area (Å²) in [6.07, 6.45) is 0.768. The van der Waals surface area contributed by atoms with Crippen molar-refractivity contribution in [2.45, 2.75) is 12.0 Å². The molecule has 6 heteroatoms. The standard InChI is InChI=1S/C12H13BrClNO2S/c1-17-11(16)12(4-5-18-7-12)15-8-2-3-10(14)9(13)6-8/h2-3,6,15H,4-5,7H2,1H3. The number of rotatable bonds is 3. The van der Waals surface area contributed by atoms with Crippen LogP contribution in [-0.2, 0) is 9.53 Å². The van der Waals surface area contributed by atoms with Crippen molar-refractivity contribution in [3.05, 3.63) is 27.7 Å². The first-order chi connectivity index (χ1) is 8.57. The first-order valence-electron chi connectivity index (χ1n) is 5.47. The quantitative estimate of drug-likeness (QED) is 0.846. The Morgan fingerprint density at radius 3 is 2.94 bits per heavy atom. The van der Waals surface area contributed by atoms with Gasteiger partial charge in [-0.3, -0.25) is 0 Å². The molecule has 0 spiro atoms. The number of halogens is 2. The lowest BCUT2D eigenvalue weighted by atomic mass is 9.98. The van der Waals surface area contributed by atoms with Gasteiger partial charge in [-0.1, -0.05) is 11.6 Å². The molecule has 98 valence electrons. The number of thioether (sulfide) groups is 1. The summed E-state index contributed by atoms with van der Waals surface area (Å²) < 4.78 is 5.72. The number of methoxy groups -OCH3 is 1. The second kappa shape index (κ2) is 5.72. The van der Waals surface area contributed by atoms with Gasteiger partial charge in [0, 0.05) is 15.9 Å². The molecule has 1 aliphatic heterocycles. The Hall–Kier alpha value is -0.390. The third kappa shape index (κ3) is 2.78. The molecule has 0 radical (unpaired) electrons. The minimum atomic E-state index is -0.618. The van der Waals surface area contributed by atoms with Gasteiger partial charge in [-0.2, -0.15) is 11.8 Å². The molecular weight excluding hydrogens is 338 g/mol. The van der Waals surface area contributed by atoms with Crippen molar-refractivity contribution in [1.82, 2.24) is 0 Å². The zero-order valence-electron chi connectivity index (χ0n) is 9.83. The van der Waals surface area contributed by atoms with Gasteiger partial charge in [0.2, 0.25) is 0 Å². The zero-order chi connectivity index (χ0) is 13.2. The van der Waals surface area contributed by atoms with Crippen LogP contribution in [0.5, 0.6) is 0 Å². The van der Waals surface area contributed by atoms with Crippen LogP contribution in [0.15, 0.2) is 22.7 Å². The van der Waals surface area contributed by atoms with E-state index >= 15 is 0 Å². The van der Waals surface area contributed by atoms with Crippen LogP contribution in [0.2, 0.25) is 5.02 Å². The van der Waals surface area contributed by atoms with Gasteiger partial charge in [0.15, 0.2) is 0 Å². The minimum absolute atomic E-state index is 0.210. The van der Waals surface area contributed by atoms with Crippen molar-refractivity contribution < 1.29 is 9.53 Å². The Bertz CT molecular complexity index is 463. The van der Waals surface area contributed by atoms with Gasteiger partial charge >= 0.3 is 5.97 Å². The third-order valence-electron chi connectivity index (χ3n) is 2.90. The van der Waals surface area contributed by atoms with E-state index in [1.807, 2.05) is 12.1 Å². The van der Waals surface area contributed by atoms with Crippen LogP contribution in [0.25, 0.3) is 0 Å². The van der Waals surface area contributed by atoms with Crippen molar-refractivity contribution in [3.63, 3.8) is 0 Å². The molecule has 1 aliphatic rings. The Kier molecular flexibility index (Phi) is 4.45. The van der Waals surface area contributed by atoms with Gasteiger partial charge in [-0.15, -0.1) is 0 Å². The highest BCUT2D eigenvalue weighted by Gasteiger charge is 2.42. The number of hydrogen-bond acceptors (Lipinski definition) is 4. The Balaban J connectivity index is 2.23. The van der Waals surface area contributed by atoms with Crippen molar-refractivity contribution in [3.8, 4) is 0 Å². The van der Waals surface area contributed by atoms with E-state index in [2.05, 4.69) is 21.2 Å². The fourth-order valence-corrected chi connectivity index (χ4v) is 3.74. The fraction of sp³-hybridized carbons (Fsp3) is 0.417. The summed E-state index contributed by atoms with van der Waals surface area (Å²) in [7, 11) is 1.42. The maximum atomic E-state index is 12.0. The molecule has 3 nitrogen and oxygen atoms in total. The average molecular weight is 351 g/mol. The summed E-state index contributed by atoms with van der Waals surface area (Å²) in [6, 6.07) is 5.53. The molecule has 1 fully saturated rings. The molecular formula is C12H13BrClNO2S. The monoisotopic (exact) mass is 349 g/mol. The molecule has 1 atom stereocenters. The van der Waals surface area contributed by atoms with E-state index in [1.165, 1.54) is 7.11 Å². The van der Waals surface area contributed by atoms with Gasteiger partial charge in [-0.05, 0) is 46.3 Å². The van der Waals surface area contributed by atoms with Crippen LogP contribution in [0.1, 0.15) is 6.42 Å². The Morgan fingerprint density at radius 1 is 1.61 bits per heavy atom. The predicted molar refractivity (Wildman–Crippen MR) is 79.5 cm³/mol. The highest BCUT2D eigenvalue weighted by atomic mass is 79.9. The van der Waals surface area contributed by atoms with Crippen LogP contribution in [-0.4, -0.2) is 30.1 Å². The number of nitrogens with one attached hydrogen (secondary N) is 1. The third-order valence-corrected chi connectivity index (χ3v) is 5.30. The molecule has 1 aromatic rings. The first-order valence-corrected chi connectivity index (χ1v) is 7.79. The van der Waals surface area contributed by atoms with E-state index in [0.717, 1.165) is 28.1 Å². The smallest absolute Gasteiger partial charge is 0.332 e. The van der Waals surface area contributed by atoms with E-state index in [-0.39, 0.29) is 5.97 Å². The van der Waals surface area contributed by atoms with Gasteiger partial charge < -0.3 is 10.1 Å². The number of anilines is 1. The second-order valence-electron chi connectivity index (χ2n) is 4.13. The molecule has 0 aromatic heterocycles. The van der Waals surface area contributed by atoms with E-state index < -0.39 is 5.54 Å². The van der Waals surface area contributed by atoms with Gasteiger partial charge in [0.05, 0.1) is 12.1 Å². The largest absolute Gasteiger partial charge is 0.467 e. The topological polar surface area (TPSA) is 38.3 Å². The van der Waals surface area contributed by atoms with E-state index in [4.69, 9.17) is 16.3 Å². The number of benzene rings is 1. The Labute approximate surface area is 124 Å². The lowest BCUT2D eigenvalue weighted by Gasteiger charge is -2.27. The number of carbonyl (C=O) groups is 1. The molecule has 0 aliphatic carbocycles. The summed E-state index contributed by atoms with van der Waals surface area (Å²) in [5, 5.41) is 3.94. The van der Waals surface area contributed by atoms with Crippen molar-refractivity contribution in [2.24, 2.45) is 0 Å². The maximum absolute atomic E-state index is 12.0. The van der Waals surface area contributed by atoms with E-state index in [9.17, 15) is 4.79 Å².